The summed E-state index contributed by atoms with van der Waals surface area (Å²) in [6.07, 6.45) is 1.64. The van der Waals surface area contributed by atoms with Crippen molar-refractivity contribution in [3.63, 3.8) is 0 Å². The van der Waals surface area contributed by atoms with Crippen LogP contribution in [-0.4, -0.2) is 28.4 Å². The molecule has 0 atom stereocenters. The lowest BCUT2D eigenvalue weighted by Crippen LogP contribution is -2.33. The molecule has 5 nitrogen and oxygen atoms in total. The summed E-state index contributed by atoms with van der Waals surface area (Å²) in [5.41, 5.74) is 2.21. The number of carbonyl (C=O) groups is 3. The molecule has 4 aromatic rings. The van der Waals surface area contributed by atoms with Gasteiger partial charge in [0.2, 0.25) is 0 Å². The number of amides is 2. The summed E-state index contributed by atoms with van der Waals surface area (Å²) in [5, 5.41) is 2.39. The van der Waals surface area contributed by atoms with Crippen LogP contribution in [0.15, 0.2) is 95.9 Å². The van der Waals surface area contributed by atoms with Gasteiger partial charge in [-0.15, -0.1) is 0 Å². The molecule has 36 heavy (non-hydrogen) atoms. The molecule has 0 bridgehead atoms. The van der Waals surface area contributed by atoms with Crippen molar-refractivity contribution in [1.29, 1.82) is 0 Å². The van der Waals surface area contributed by atoms with Crippen LogP contribution in [0.4, 0.5) is 4.79 Å². The maximum absolute atomic E-state index is 12.8. The average molecular weight is 514 g/mol. The summed E-state index contributed by atoms with van der Waals surface area (Å²) in [5.74, 6) is -0.117. The highest BCUT2D eigenvalue weighted by molar-refractivity contribution is 8.18. The Morgan fingerprint density at radius 2 is 1.61 bits per heavy atom. The largest absolute Gasteiger partial charge is 0.489 e. The molecular formula is C29H20ClNO4S. The normalized spacial score (nSPS) is 14.6. The van der Waals surface area contributed by atoms with Crippen molar-refractivity contribution in [2.45, 2.75) is 6.61 Å². The molecule has 0 aliphatic carbocycles. The maximum atomic E-state index is 12.8. The number of ketones is 1. The molecule has 0 unspecified atom stereocenters. The van der Waals surface area contributed by atoms with Crippen LogP contribution in [0.25, 0.3) is 16.8 Å². The van der Waals surface area contributed by atoms with Crippen LogP contribution >= 0.6 is 23.4 Å². The third-order valence-corrected chi connectivity index (χ3v) is 6.90. The second-order valence-electron chi connectivity index (χ2n) is 8.24. The molecule has 5 rings (SSSR count). The molecule has 0 spiro atoms. The van der Waals surface area contributed by atoms with Crippen molar-refractivity contribution in [1.82, 2.24) is 4.90 Å². The predicted octanol–water partition coefficient (Wildman–Crippen LogP) is 6.99. The van der Waals surface area contributed by atoms with Crippen LogP contribution < -0.4 is 4.74 Å². The summed E-state index contributed by atoms with van der Waals surface area (Å²) in [4.78, 5) is 38.9. The molecule has 0 N–H and O–H groups in total. The molecule has 178 valence electrons. The monoisotopic (exact) mass is 513 g/mol. The van der Waals surface area contributed by atoms with E-state index in [4.69, 9.17) is 16.3 Å². The lowest BCUT2D eigenvalue weighted by Gasteiger charge is -2.11. The lowest BCUT2D eigenvalue weighted by atomic mass is 10.1. The Balaban J connectivity index is 1.21. The fourth-order valence-corrected chi connectivity index (χ4v) is 4.78. The topological polar surface area (TPSA) is 63.7 Å². The Bertz CT molecular complexity index is 1500. The van der Waals surface area contributed by atoms with Crippen LogP contribution in [0.2, 0.25) is 5.02 Å². The fourth-order valence-electron chi connectivity index (χ4n) is 3.81. The zero-order chi connectivity index (χ0) is 25.1. The zero-order valence-electron chi connectivity index (χ0n) is 19.0. The number of benzene rings is 4. The van der Waals surface area contributed by atoms with Crippen LogP contribution in [0.5, 0.6) is 5.75 Å². The molecule has 1 heterocycles. The van der Waals surface area contributed by atoms with Gasteiger partial charge in [-0.3, -0.25) is 19.3 Å². The van der Waals surface area contributed by atoms with E-state index in [0.717, 1.165) is 33.2 Å². The van der Waals surface area contributed by atoms with Crippen molar-refractivity contribution >= 4 is 57.1 Å². The van der Waals surface area contributed by atoms with Gasteiger partial charge in [-0.05, 0) is 82.2 Å². The van der Waals surface area contributed by atoms with Gasteiger partial charge >= 0.3 is 0 Å². The number of carbonyl (C=O) groups excluding carboxylic acids is 3. The van der Waals surface area contributed by atoms with E-state index in [2.05, 4.69) is 24.3 Å². The summed E-state index contributed by atoms with van der Waals surface area (Å²) >= 11 is 6.68. The average Bonchev–Trinajstić information content (AvgIpc) is 3.15. The molecule has 1 fully saturated rings. The molecule has 1 saturated heterocycles. The third-order valence-electron chi connectivity index (χ3n) is 5.74. The van der Waals surface area contributed by atoms with E-state index in [0.29, 0.717) is 22.9 Å². The van der Waals surface area contributed by atoms with Gasteiger partial charge in [-0.25, -0.2) is 0 Å². The highest BCUT2D eigenvalue weighted by Crippen LogP contribution is 2.32. The number of halogens is 1. The highest BCUT2D eigenvalue weighted by atomic mass is 35.5. The van der Waals surface area contributed by atoms with Crippen molar-refractivity contribution in [2.24, 2.45) is 0 Å². The smallest absolute Gasteiger partial charge is 0.293 e. The molecule has 1 aliphatic rings. The van der Waals surface area contributed by atoms with Crippen LogP contribution in [0.3, 0.4) is 0 Å². The van der Waals surface area contributed by atoms with E-state index in [-0.39, 0.29) is 17.2 Å². The highest BCUT2D eigenvalue weighted by Gasteiger charge is 2.36. The minimum atomic E-state index is -0.482. The van der Waals surface area contributed by atoms with E-state index in [9.17, 15) is 14.4 Å². The van der Waals surface area contributed by atoms with Crippen molar-refractivity contribution < 1.29 is 19.1 Å². The van der Waals surface area contributed by atoms with E-state index in [1.807, 2.05) is 42.5 Å². The summed E-state index contributed by atoms with van der Waals surface area (Å²) in [7, 11) is 0. The summed E-state index contributed by atoms with van der Waals surface area (Å²) in [6.45, 7) is 0.121. The first kappa shape index (κ1) is 23.9. The summed E-state index contributed by atoms with van der Waals surface area (Å²) in [6, 6.07) is 28.0. The quantitative estimate of drug-likeness (QED) is 0.197. The fraction of sp³-hybridized carbons (Fsp3) is 0.0690. The Morgan fingerprint density at radius 1 is 0.889 bits per heavy atom. The van der Waals surface area contributed by atoms with E-state index >= 15 is 0 Å². The van der Waals surface area contributed by atoms with Gasteiger partial charge in [0.05, 0.1) is 11.4 Å². The first-order chi connectivity index (χ1) is 17.5. The second-order valence-corrected chi connectivity index (χ2v) is 9.67. The predicted molar refractivity (Wildman–Crippen MR) is 143 cm³/mol. The number of ether oxygens (including phenoxy) is 1. The zero-order valence-corrected chi connectivity index (χ0v) is 20.6. The first-order valence-electron chi connectivity index (χ1n) is 11.2. The standard InChI is InChI=1S/C29H20ClNO4S/c30-24-11-9-22(10-12-24)26(32)17-31-28(33)27(36-29(31)34)16-19-6-13-25(14-7-19)35-18-20-5-8-21-3-1-2-4-23(21)15-20/h1-16H,17-18H2/b27-16-. The SMILES string of the molecule is O=C(CN1C(=O)S/C(=C\c2ccc(OCc3ccc4ccccc4c3)cc2)C1=O)c1ccc(Cl)cc1. The van der Waals surface area contributed by atoms with Gasteiger partial charge in [0.1, 0.15) is 12.4 Å². The van der Waals surface area contributed by atoms with E-state index < -0.39 is 11.1 Å². The van der Waals surface area contributed by atoms with Crippen LogP contribution in [-0.2, 0) is 11.4 Å². The van der Waals surface area contributed by atoms with Gasteiger partial charge in [-0.2, -0.15) is 0 Å². The van der Waals surface area contributed by atoms with Gasteiger partial charge in [0.15, 0.2) is 5.78 Å². The number of rotatable bonds is 7. The third kappa shape index (κ3) is 5.35. The molecule has 0 radical (unpaired) electrons. The van der Waals surface area contributed by atoms with E-state index in [1.165, 1.54) is 5.39 Å². The second kappa shape index (κ2) is 10.4. The Labute approximate surface area is 217 Å². The van der Waals surface area contributed by atoms with Gasteiger partial charge < -0.3 is 4.74 Å². The molecule has 7 heteroatoms. The van der Waals surface area contributed by atoms with Crippen LogP contribution in [0, 0.1) is 0 Å². The number of nitrogens with zero attached hydrogens (tertiary/aromatic N) is 1. The summed E-state index contributed by atoms with van der Waals surface area (Å²) < 4.78 is 5.91. The number of thioether (sulfide) groups is 1. The van der Waals surface area contributed by atoms with E-state index in [1.54, 1.807) is 30.3 Å². The lowest BCUT2D eigenvalue weighted by molar-refractivity contribution is -0.122. The molecule has 1 aliphatic heterocycles. The van der Waals surface area contributed by atoms with Crippen molar-refractivity contribution in [2.75, 3.05) is 6.54 Å². The number of hydrogen-bond donors (Lipinski definition) is 0. The number of Topliss-reactive ketones (excluding diaryl/α,β-unsaturated/α-hetero) is 1. The van der Waals surface area contributed by atoms with Gasteiger partial charge in [0.25, 0.3) is 11.1 Å². The molecule has 4 aromatic carbocycles. The minimum absolute atomic E-state index is 0.272. The van der Waals surface area contributed by atoms with Gasteiger partial charge in [-0.1, -0.05) is 60.1 Å². The molecule has 0 saturated carbocycles. The maximum Gasteiger partial charge on any atom is 0.293 e. The van der Waals surface area contributed by atoms with Gasteiger partial charge in [0, 0.05) is 10.6 Å². The Morgan fingerprint density at radius 3 is 2.36 bits per heavy atom. The Hall–Kier alpha value is -3.87. The number of hydrogen-bond acceptors (Lipinski definition) is 5. The van der Waals surface area contributed by atoms with Crippen LogP contribution in [0.1, 0.15) is 21.5 Å². The molecular weight excluding hydrogens is 494 g/mol. The van der Waals surface area contributed by atoms with Crippen molar-refractivity contribution in [3.8, 4) is 5.75 Å². The molecule has 2 amide bonds. The number of fused-ring (bicyclic) bond motifs is 1. The minimum Gasteiger partial charge on any atom is -0.489 e. The van der Waals surface area contributed by atoms with Crippen molar-refractivity contribution in [3.05, 3.63) is 118 Å². The molecule has 0 aromatic heterocycles. The number of imide groups is 1. The Kier molecular flexibility index (Phi) is 6.89. The first-order valence-corrected chi connectivity index (χ1v) is 12.4.